The van der Waals surface area contributed by atoms with Crippen LogP contribution in [-0.2, 0) is 9.59 Å². The van der Waals surface area contributed by atoms with Crippen LogP contribution in [0, 0.1) is 5.82 Å². The zero-order valence-corrected chi connectivity index (χ0v) is 21.2. The van der Waals surface area contributed by atoms with Gasteiger partial charge in [-0.15, -0.1) is 5.10 Å². The first-order chi connectivity index (χ1) is 18.8. The predicted molar refractivity (Wildman–Crippen MR) is 141 cm³/mol. The van der Waals surface area contributed by atoms with E-state index in [1.807, 2.05) is 6.07 Å². The van der Waals surface area contributed by atoms with Gasteiger partial charge in [0, 0.05) is 30.4 Å². The molecule has 8 N–H and O–H groups in total. The average Bonchev–Trinajstić information content (AvgIpc) is 3.61. The van der Waals surface area contributed by atoms with Crippen LogP contribution < -0.4 is 32.7 Å². The number of hydrogen-bond donors (Lipinski definition) is 6. The number of hydrogen-bond acceptors (Lipinski definition) is 9. The van der Waals surface area contributed by atoms with Gasteiger partial charge in [-0.1, -0.05) is 0 Å². The Hall–Kier alpha value is -4.33. The van der Waals surface area contributed by atoms with Crippen molar-refractivity contribution in [3.8, 4) is 0 Å². The predicted octanol–water partition coefficient (Wildman–Crippen LogP) is 1.13. The molecular formula is C25H31FN10O3. The highest BCUT2D eigenvalue weighted by molar-refractivity contribution is 6.03. The van der Waals surface area contributed by atoms with Gasteiger partial charge in [-0.2, -0.15) is 0 Å². The zero-order valence-electron chi connectivity index (χ0n) is 21.2. The molecule has 2 aliphatic rings. The fourth-order valence-corrected chi connectivity index (χ4v) is 4.62. The molecule has 0 spiro atoms. The highest BCUT2D eigenvalue weighted by atomic mass is 19.1. The van der Waals surface area contributed by atoms with Gasteiger partial charge in [-0.05, 0) is 44.6 Å². The number of carbonyl (C=O) groups excluding carboxylic acids is 3. The van der Waals surface area contributed by atoms with Crippen LogP contribution in [0.2, 0.25) is 0 Å². The van der Waals surface area contributed by atoms with E-state index in [1.165, 1.54) is 23.0 Å². The highest BCUT2D eigenvalue weighted by Crippen LogP contribution is 2.30. The topological polar surface area (TPSA) is 194 Å². The van der Waals surface area contributed by atoms with Crippen LogP contribution in [0.3, 0.4) is 0 Å². The second-order valence-corrected chi connectivity index (χ2v) is 10.0. The van der Waals surface area contributed by atoms with Crippen molar-refractivity contribution < 1.29 is 18.8 Å². The number of pyridine rings is 1. The summed E-state index contributed by atoms with van der Waals surface area (Å²) in [6.45, 7) is 0. The molecule has 13 nitrogen and oxygen atoms in total. The largest absolute Gasteiger partial charge is 0.379 e. The van der Waals surface area contributed by atoms with Gasteiger partial charge in [0.15, 0.2) is 17.2 Å². The van der Waals surface area contributed by atoms with E-state index in [-0.39, 0.29) is 35.8 Å². The van der Waals surface area contributed by atoms with Gasteiger partial charge in [0.25, 0.3) is 5.91 Å². The monoisotopic (exact) mass is 538 g/mol. The van der Waals surface area contributed by atoms with Crippen LogP contribution in [0.15, 0.2) is 30.7 Å². The van der Waals surface area contributed by atoms with Crippen molar-refractivity contribution in [3.63, 3.8) is 0 Å². The molecule has 2 aliphatic carbocycles. The number of halogens is 1. The first kappa shape index (κ1) is 26.3. The first-order valence-electron chi connectivity index (χ1n) is 12.9. The number of primary amides is 1. The molecule has 0 aromatic carbocycles. The molecule has 1 atom stereocenters. The SMILES string of the molecule is NC(=O)C[C@H](N)C(=O)N[C@H]1CC[C@H](Nc2cc(NC3CC3)c3ncc(C(=O)Nc4ccncc4F)n3n2)CC1. The molecule has 0 bridgehead atoms. The molecule has 206 valence electrons. The molecule has 5 rings (SSSR count). The Morgan fingerprint density at radius 3 is 2.41 bits per heavy atom. The maximum absolute atomic E-state index is 14.0. The van der Waals surface area contributed by atoms with E-state index in [0.717, 1.165) is 50.4 Å². The lowest BCUT2D eigenvalue weighted by Gasteiger charge is -2.30. The molecule has 2 fully saturated rings. The van der Waals surface area contributed by atoms with Gasteiger partial charge >= 0.3 is 0 Å². The lowest BCUT2D eigenvalue weighted by molar-refractivity contribution is -0.127. The quantitative estimate of drug-likeness (QED) is 0.219. The fourth-order valence-electron chi connectivity index (χ4n) is 4.62. The third-order valence-electron chi connectivity index (χ3n) is 6.84. The molecule has 0 aliphatic heterocycles. The molecule has 3 heterocycles. The van der Waals surface area contributed by atoms with Crippen LogP contribution in [0.1, 0.15) is 55.4 Å². The van der Waals surface area contributed by atoms with Gasteiger partial charge in [0.1, 0.15) is 5.82 Å². The Morgan fingerprint density at radius 1 is 1.03 bits per heavy atom. The average molecular weight is 539 g/mol. The Balaban J connectivity index is 1.28. The smallest absolute Gasteiger partial charge is 0.276 e. The summed E-state index contributed by atoms with van der Waals surface area (Å²) in [4.78, 5) is 44.4. The summed E-state index contributed by atoms with van der Waals surface area (Å²) in [5, 5.41) is 17.0. The number of nitrogens with one attached hydrogen (secondary N) is 4. The summed E-state index contributed by atoms with van der Waals surface area (Å²) < 4.78 is 15.5. The van der Waals surface area contributed by atoms with E-state index in [9.17, 15) is 18.8 Å². The van der Waals surface area contributed by atoms with E-state index in [1.54, 1.807) is 0 Å². The third kappa shape index (κ3) is 6.39. The van der Waals surface area contributed by atoms with Gasteiger partial charge in [0.2, 0.25) is 11.8 Å². The molecule has 39 heavy (non-hydrogen) atoms. The number of nitrogens with zero attached hydrogens (tertiary/aromatic N) is 4. The Labute approximate surface area is 223 Å². The summed E-state index contributed by atoms with van der Waals surface area (Å²) in [5.74, 6) is -1.64. The zero-order chi connectivity index (χ0) is 27.5. The van der Waals surface area contributed by atoms with Crippen molar-refractivity contribution in [2.75, 3.05) is 16.0 Å². The van der Waals surface area contributed by atoms with Crippen LogP contribution in [0.4, 0.5) is 21.6 Å². The van der Waals surface area contributed by atoms with Crippen molar-refractivity contribution in [1.82, 2.24) is 24.9 Å². The van der Waals surface area contributed by atoms with Crippen LogP contribution in [0.5, 0.6) is 0 Å². The summed E-state index contributed by atoms with van der Waals surface area (Å²) in [5.41, 5.74) is 12.3. The van der Waals surface area contributed by atoms with Crippen molar-refractivity contribution in [3.05, 3.63) is 42.2 Å². The molecule has 2 saturated carbocycles. The molecule has 0 saturated heterocycles. The van der Waals surface area contributed by atoms with Gasteiger partial charge < -0.3 is 32.7 Å². The van der Waals surface area contributed by atoms with E-state index in [4.69, 9.17) is 11.5 Å². The van der Waals surface area contributed by atoms with Crippen LogP contribution in [0.25, 0.3) is 5.65 Å². The molecule has 0 radical (unpaired) electrons. The fraction of sp³-hybridized carbons (Fsp3) is 0.440. The molecule has 3 aromatic rings. The van der Waals surface area contributed by atoms with Gasteiger partial charge in [-0.3, -0.25) is 19.4 Å². The number of anilines is 3. The minimum atomic E-state index is -0.955. The molecular weight excluding hydrogens is 507 g/mol. The summed E-state index contributed by atoms with van der Waals surface area (Å²) >= 11 is 0. The lowest BCUT2D eigenvalue weighted by atomic mass is 9.91. The standard InChI is InChI=1S/C25H31FN10O3/c26-16-11-29-8-7-18(16)34-25(39)20-12-30-23-19(31-13-1-2-13)10-22(35-36(20)23)32-14-3-5-15(6-4-14)33-24(38)17(27)9-21(28)37/h7-8,10-15,17,31H,1-6,9,27H2,(H2,28,37)(H,32,35)(H,33,38)(H,29,34,39)/t14-,15-,17-/m0/s1. The van der Waals surface area contributed by atoms with E-state index < -0.39 is 23.7 Å². The maximum Gasteiger partial charge on any atom is 0.276 e. The first-order valence-corrected chi connectivity index (χ1v) is 12.9. The second-order valence-electron chi connectivity index (χ2n) is 10.0. The number of aromatic nitrogens is 4. The van der Waals surface area contributed by atoms with E-state index in [0.29, 0.717) is 17.5 Å². The summed E-state index contributed by atoms with van der Waals surface area (Å²) in [7, 11) is 0. The van der Waals surface area contributed by atoms with Gasteiger partial charge in [-0.25, -0.2) is 13.9 Å². The van der Waals surface area contributed by atoms with E-state index >= 15 is 0 Å². The number of rotatable bonds is 10. The highest BCUT2D eigenvalue weighted by Gasteiger charge is 2.27. The van der Waals surface area contributed by atoms with Crippen LogP contribution >= 0.6 is 0 Å². The number of carbonyl (C=O) groups is 3. The lowest BCUT2D eigenvalue weighted by Crippen LogP contribution is -2.48. The van der Waals surface area contributed by atoms with Crippen LogP contribution in [-0.4, -0.2) is 61.5 Å². The van der Waals surface area contributed by atoms with Crippen molar-refractivity contribution in [2.45, 2.75) is 69.1 Å². The number of imidazole rings is 1. The molecule has 0 unspecified atom stereocenters. The Morgan fingerprint density at radius 2 is 1.72 bits per heavy atom. The Kier molecular flexibility index (Phi) is 7.54. The van der Waals surface area contributed by atoms with Crippen molar-refractivity contribution in [1.29, 1.82) is 0 Å². The molecule has 3 amide bonds. The third-order valence-corrected chi connectivity index (χ3v) is 6.84. The summed E-state index contributed by atoms with van der Waals surface area (Å²) in [6, 6.07) is 2.67. The normalized spacial score (nSPS) is 19.7. The van der Waals surface area contributed by atoms with Crippen molar-refractivity contribution in [2.24, 2.45) is 11.5 Å². The number of fused-ring (bicyclic) bond motifs is 1. The Bertz CT molecular complexity index is 1380. The number of nitrogens with two attached hydrogens (primary N) is 2. The second kappa shape index (κ2) is 11.2. The maximum atomic E-state index is 14.0. The van der Waals surface area contributed by atoms with Gasteiger partial charge in [0.05, 0.1) is 36.2 Å². The molecule has 14 heteroatoms. The minimum Gasteiger partial charge on any atom is -0.379 e. The summed E-state index contributed by atoms with van der Waals surface area (Å²) in [6.07, 6.45) is 8.70. The minimum absolute atomic E-state index is 0.00925. The molecule has 3 aromatic heterocycles. The van der Waals surface area contributed by atoms with Crippen molar-refractivity contribution >= 4 is 40.6 Å². The van der Waals surface area contributed by atoms with E-state index in [2.05, 4.69) is 36.3 Å². The number of amides is 3.